The number of hydrogen-bond donors (Lipinski definition) is 2. The number of thioether (sulfide) groups is 1. The van der Waals surface area contributed by atoms with Gasteiger partial charge in [0, 0.05) is 32.8 Å². The number of halogens is 1. The second-order valence-corrected chi connectivity index (χ2v) is 8.83. The van der Waals surface area contributed by atoms with Crippen molar-refractivity contribution in [3.05, 3.63) is 28.9 Å². The number of nitrogens with zero attached hydrogens (tertiary/aromatic N) is 1. The number of aliphatic imine (C=N–C) groups is 1. The number of benzene rings is 1. The van der Waals surface area contributed by atoms with E-state index in [1.807, 2.05) is 12.1 Å². The van der Waals surface area contributed by atoms with Gasteiger partial charge >= 0.3 is 11.7 Å². The molecule has 1 aromatic heterocycles. The van der Waals surface area contributed by atoms with E-state index in [4.69, 9.17) is 16.6 Å². The molecular formula is C18H21ClN3OS2+. The Morgan fingerprint density at radius 3 is 2.96 bits per heavy atom. The Balaban J connectivity index is 1.62. The van der Waals surface area contributed by atoms with Crippen LogP contribution in [0.4, 0.5) is 5.69 Å². The SMILES string of the molecule is O=[S+]CCC1CSC(c2cc3cc(Cl)cc(NC4CCCC4)c3[nH]2)=N1. The average molecular weight is 395 g/mol. The molecule has 0 radical (unpaired) electrons. The van der Waals surface area contributed by atoms with Gasteiger partial charge < -0.3 is 10.3 Å². The predicted octanol–water partition coefficient (Wildman–Crippen LogP) is 4.86. The third-order valence-electron chi connectivity index (χ3n) is 4.89. The molecule has 1 fully saturated rings. The fourth-order valence-corrected chi connectivity index (χ4v) is 5.30. The fourth-order valence-electron chi connectivity index (χ4n) is 3.62. The van der Waals surface area contributed by atoms with Crippen LogP contribution in [0, 0.1) is 0 Å². The van der Waals surface area contributed by atoms with E-state index >= 15 is 0 Å². The first kappa shape index (κ1) is 17.3. The van der Waals surface area contributed by atoms with Crippen molar-refractivity contribution in [2.45, 2.75) is 44.2 Å². The van der Waals surface area contributed by atoms with Crippen molar-refractivity contribution in [2.24, 2.45) is 4.99 Å². The first-order chi connectivity index (χ1) is 12.2. The molecule has 2 heterocycles. The molecule has 4 nitrogen and oxygen atoms in total. The Hall–Kier alpha value is -1.11. The van der Waals surface area contributed by atoms with Crippen molar-refractivity contribution < 1.29 is 4.21 Å². The number of nitrogens with one attached hydrogen (secondary N) is 2. The summed E-state index contributed by atoms with van der Waals surface area (Å²) in [6, 6.07) is 6.95. The zero-order chi connectivity index (χ0) is 17.2. The quantitative estimate of drug-likeness (QED) is 0.688. The molecule has 0 amide bonds. The van der Waals surface area contributed by atoms with Crippen molar-refractivity contribution in [3.63, 3.8) is 0 Å². The maximum absolute atomic E-state index is 10.6. The highest BCUT2D eigenvalue weighted by Gasteiger charge is 2.23. The molecule has 1 aromatic carbocycles. The van der Waals surface area contributed by atoms with Gasteiger partial charge in [-0.3, -0.25) is 4.99 Å². The Morgan fingerprint density at radius 1 is 1.32 bits per heavy atom. The lowest BCUT2D eigenvalue weighted by molar-refractivity contribution is 0.601. The molecule has 1 aliphatic carbocycles. The van der Waals surface area contributed by atoms with E-state index in [1.54, 1.807) is 11.8 Å². The molecule has 0 saturated heterocycles. The van der Waals surface area contributed by atoms with Crippen molar-refractivity contribution in [1.29, 1.82) is 0 Å². The van der Waals surface area contributed by atoms with Crippen LogP contribution in [0.3, 0.4) is 0 Å². The lowest BCUT2D eigenvalue weighted by atomic mass is 10.2. The number of fused-ring (bicyclic) bond motifs is 1. The molecule has 1 saturated carbocycles. The molecule has 2 N–H and O–H groups in total. The molecule has 4 rings (SSSR count). The van der Waals surface area contributed by atoms with Gasteiger partial charge in [0.1, 0.15) is 5.04 Å². The zero-order valence-corrected chi connectivity index (χ0v) is 16.3. The monoisotopic (exact) mass is 394 g/mol. The largest absolute Gasteiger partial charge is 0.458 e. The maximum Gasteiger partial charge on any atom is 0.458 e. The van der Waals surface area contributed by atoms with Gasteiger partial charge in [0.05, 0.1) is 22.9 Å². The summed E-state index contributed by atoms with van der Waals surface area (Å²) in [6.45, 7) is 0. The van der Waals surface area contributed by atoms with Crippen LogP contribution in [-0.4, -0.2) is 33.6 Å². The number of rotatable bonds is 6. The first-order valence-electron chi connectivity index (χ1n) is 8.77. The van der Waals surface area contributed by atoms with Crippen LogP contribution in [0.5, 0.6) is 0 Å². The van der Waals surface area contributed by atoms with Gasteiger partial charge in [-0.05, 0) is 31.0 Å². The molecule has 25 heavy (non-hydrogen) atoms. The first-order valence-corrected chi connectivity index (χ1v) is 11.0. The highest BCUT2D eigenvalue weighted by molar-refractivity contribution is 8.14. The third-order valence-corrected chi connectivity index (χ3v) is 6.66. The van der Waals surface area contributed by atoms with Gasteiger partial charge in [-0.25, -0.2) is 0 Å². The Bertz CT molecular complexity index is 814. The van der Waals surface area contributed by atoms with E-state index in [0.29, 0.717) is 23.5 Å². The minimum absolute atomic E-state index is 0.257. The summed E-state index contributed by atoms with van der Waals surface area (Å²) in [5, 5.41) is 6.58. The van der Waals surface area contributed by atoms with Crippen LogP contribution < -0.4 is 5.32 Å². The topological polar surface area (TPSA) is 57.2 Å². The van der Waals surface area contributed by atoms with Crippen molar-refractivity contribution >= 4 is 56.7 Å². The van der Waals surface area contributed by atoms with Crippen LogP contribution in [0.15, 0.2) is 23.2 Å². The van der Waals surface area contributed by atoms with Gasteiger partial charge in [0.2, 0.25) is 5.75 Å². The molecule has 2 aliphatic rings. The average Bonchev–Trinajstić information content (AvgIpc) is 3.32. The molecule has 1 atom stereocenters. The van der Waals surface area contributed by atoms with Gasteiger partial charge in [-0.2, -0.15) is 0 Å². The van der Waals surface area contributed by atoms with Gasteiger partial charge in [0.25, 0.3) is 0 Å². The summed E-state index contributed by atoms with van der Waals surface area (Å²) >= 11 is 8.75. The fraction of sp³-hybridized carbons (Fsp3) is 0.500. The molecule has 2 aromatic rings. The van der Waals surface area contributed by atoms with Crippen LogP contribution >= 0.6 is 23.4 Å². The summed E-state index contributed by atoms with van der Waals surface area (Å²) in [5.41, 5.74) is 3.24. The molecular weight excluding hydrogens is 374 g/mol. The van der Waals surface area contributed by atoms with E-state index < -0.39 is 0 Å². The Morgan fingerprint density at radius 2 is 2.16 bits per heavy atom. The minimum Gasteiger partial charge on any atom is -0.381 e. The molecule has 1 aliphatic heterocycles. The van der Waals surface area contributed by atoms with Crippen LogP contribution in [0.2, 0.25) is 5.02 Å². The Labute approximate surface area is 160 Å². The second kappa shape index (κ2) is 7.64. The number of hydrogen-bond acceptors (Lipinski definition) is 4. The van der Waals surface area contributed by atoms with Crippen molar-refractivity contribution in [1.82, 2.24) is 4.98 Å². The van der Waals surface area contributed by atoms with E-state index in [-0.39, 0.29) is 6.04 Å². The highest BCUT2D eigenvalue weighted by Crippen LogP contribution is 2.33. The molecule has 1 unspecified atom stereocenters. The van der Waals surface area contributed by atoms with Gasteiger partial charge in [-0.1, -0.05) is 24.4 Å². The molecule has 7 heteroatoms. The molecule has 0 bridgehead atoms. The molecule has 0 spiro atoms. The predicted molar refractivity (Wildman–Crippen MR) is 110 cm³/mol. The summed E-state index contributed by atoms with van der Waals surface area (Å²) in [7, 11) is 0. The summed E-state index contributed by atoms with van der Waals surface area (Å²) < 4.78 is 10.6. The van der Waals surface area contributed by atoms with Gasteiger partial charge in [0.15, 0.2) is 0 Å². The summed E-state index contributed by atoms with van der Waals surface area (Å²) in [4.78, 5) is 8.33. The Kier molecular flexibility index (Phi) is 5.29. The maximum atomic E-state index is 10.6. The zero-order valence-electron chi connectivity index (χ0n) is 13.9. The molecule has 132 valence electrons. The lowest BCUT2D eigenvalue weighted by Crippen LogP contribution is -2.14. The summed E-state index contributed by atoms with van der Waals surface area (Å²) in [5.74, 6) is 1.58. The smallest absolute Gasteiger partial charge is 0.381 e. The van der Waals surface area contributed by atoms with E-state index in [0.717, 1.165) is 44.5 Å². The lowest BCUT2D eigenvalue weighted by Gasteiger charge is -2.14. The number of H-pyrrole nitrogens is 1. The van der Waals surface area contributed by atoms with Crippen LogP contribution in [0.1, 0.15) is 37.8 Å². The summed E-state index contributed by atoms with van der Waals surface area (Å²) in [6.07, 6.45) is 5.90. The van der Waals surface area contributed by atoms with Crippen LogP contribution in [0.25, 0.3) is 10.9 Å². The number of aromatic nitrogens is 1. The second-order valence-electron chi connectivity index (χ2n) is 6.74. The van der Waals surface area contributed by atoms with Crippen LogP contribution in [-0.2, 0) is 15.9 Å². The van der Waals surface area contributed by atoms with Gasteiger partial charge in [-0.15, -0.1) is 11.8 Å². The van der Waals surface area contributed by atoms with E-state index in [1.165, 1.54) is 25.7 Å². The van der Waals surface area contributed by atoms with E-state index in [9.17, 15) is 4.21 Å². The van der Waals surface area contributed by atoms with Crippen molar-refractivity contribution in [3.8, 4) is 0 Å². The standard InChI is InChI=1S/C18H21ClN3OS2/c19-12-7-11-8-16(18-21-14(10-24-18)5-6-25-23)22-17(11)15(9-12)20-13-3-1-2-4-13/h7-9,13-14,20,22H,1-6,10H2/q+1. The van der Waals surface area contributed by atoms with Crippen molar-refractivity contribution in [2.75, 3.05) is 16.8 Å². The van der Waals surface area contributed by atoms with E-state index in [2.05, 4.69) is 16.4 Å². The minimum atomic E-state index is 0.257. The normalized spacial score (nSPS) is 21.0. The highest BCUT2D eigenvalue weighted by atomic mass is 35.5. The number of anilines is 1. The number of aromatic amines is 1. The third kappa shape index (κ3) is 3.86.